The van der Waals surface area contributed by atoms with E-state index in [9.17, 15) is 9.59 Å². The Balaban J connectivity index is 1.90. The van der Waals surface area contributed by atoms with Gasteiger partial charge in [0.15, 0.2) is 0 Å². The zero-order valence-corrected chi connectivity index (χ0v) is 14.4. The van der Waals surface area contributed by atoms with Crippen LogP contribution in [0.25, 0.3) is 11.5 Å². The Morgan fingerprint density at radius 1 is 1.42 bits per heavy atom. The minimum atomic E-state index is -0.593. The van der Waals surface area contributed by atoms with Crippen molar-refractivity contribution in [2.45, 2.75) is 6.92 Å². The van der Waals surface area contributed by atoms with Crippen LogP contribution in [0.3, 0.4) is 0 Å². The molecule has 1 aliphatic heterocycles. The summed E-state index contributed by atoms with van der Waals surface area (Å²) in [4.78, 5) is 25.9. The number of aliphatic hydroxyl groups is 1. The molecular formula is C17H18N4O5. The summed E-state index contributed by atoms with van der Waals surface area (Å²) >= 11 is 0. The number of anilines is 1. The molecule has 3 rings (SSSR count). The topological polar surface area (TPSA) is 118 Å². The highest BCUT2D eigenvalue weighted by molar-refractivity contribution is 6.08. The van der Waals surface area contributed by atoms with Crippen molar-refractivity contribution in [3.63, 3.8) is 0 Å². The maximum Gasteiger partial charge on any atom is 0.337 e. The van der Waals surface area contributed by atoms with Crippen LogP contribution in [0.15, 0.2) is 40.0 Å². The van der Waals surface area contributed by atoms with E-state index < -0.39 is 5.97 Å². The second-order valence-electron chi connectivity index (χ2n) is 5.63. The summed E-state index contributed by atoms with van der Waals surface area (Å²) < 4.78 is 10.2. The summed E-state index contributed by atoms with van der Waals surface area (Å²) in [6.07, 6.45) is 0. The molecule has 9 nitrogen and oxygen atoms in total. The predicted molar refractivity (Wildman–Crippen MR) is 90.8 cm³/mol. The van der Waals surface area contributed by atoms with Crippen LogP contribution < -0.4 is 5.32 Å². The average molecular weight is 358 g/mol. The van der Waals surface area contributed by atoms with Gasteiger partial charge in [0.1, 0.15) is 5.70 Å². The molecule has 0 saturated carbocycles. The summed E-state index contributed by atoms with van der Waals surface area (Å²) in [6, 6.07) is 7.04. The summed E-state index contributed by atoms with van der Waals surface area (Å²) in [7, 11) is 1.25. The fraction of sp³-hybridized carbons (Fsp3) is 0.294. The molecular weight excluding hydrogens is 340 g/mol. The smallest absolute Gasteiger partial charge is 0.337 e. The molecule has 2 N–H and O–H groups in total. The number of nitrogens with zero attached hydrogens (tertiary/aromatic N) is 3. The average Bonchev–Trinajstić information content (AvgIpc) is 3.20. The van der Waals surface area contributed by atoms with Gasteiger partial charge in [0, 0.05) is 24.7 Å². The number of benzene rings is 1. The molecule has 2 heterocycles. The first-order valence-electron chi connectivity index (χ1n) is 7.92. The Labute approximate surface area is 149 Å². The first-order chi connectivity index (χ1) is 12.5. The summed E-state index contributed by atoms with van der Waals surface area (Å²) in [5.74, 6) is -0.170. The fourth-order valence-electron chi connectivity index (χ4n) is 2.64. The largest absolute Gasteiger partial charge is 0.466 e. The van der Waals surface area contributed by atoms with Crippen molar-refractivity contribution in [3.05, 3.63) is 41.4 Å². The molecule has 0 atom stereocenters. The molecule has 0 spiro atoms. The number of aliphatic hydroxyl groups excluding tert-OH is 1. The fourth-order valence-corrected chi connectivity index (χ4v) is 2.64. The van der Waals surface area contributed by atoms with Crippen LogP contribution >= 0.6 is 0 Å². The number of nitrogens with one attached hydrogen (secondary N) is 1. The summed E-state index contributed by atoms with van der Waals surface area (Å²) in [5, 5.41) is 19.8. The molecule has 26 heavy (non-hydrogen) atoms. The van der Waals surface area contributed by atoms with Crippen LogP contribution in [-0.4, -0.2) is 58.9 Å². The van der Waals surface area contributed by atoms with Gasteiger partial charge < -0.3 is 24.5 Å². The number of rotatable bonds is 6. The van der Waals surface area contributed by atoms with Crippen LogP contribution in [-0.2, 0) is 14.3 Å². The minimum Gasteiger partial charge on any atom is -0.466 e. The molecule has 136 valence electrons. The number of aromatic nitrogens is 2. The predicted octanol–water partition coefficient (Wildman–Crippen LogP) is 0.719. The van der Waals surface area contributed by atoms with Gasteiger partial charge in [-0.05, 0) is 18.2 Å². The number of ether oxygens (including phenoxy) is 1. The van der Waals surface area contributed by atoms with Gasteiger partial charge in [0.2, 0.25) is 11.8 Å². The third kappa shape index (κ3) is 3.42. The number of methoxy groups -OCH3 is 1. The van der Waals surface area contributed by atoms with Crippen LogP contribution in [0.5, 0.6) is 0 Å². The third-order valence-electron chi connectivity index (χ3n) is 3.86. The highest BCUT2D eigenvalue weighted by Gasteiger charge is 2.34. The first kappa shape index (κ1) is 17.6. The first-order valence-corrected chi connectivity index (χ1v) is 7.92. The Bertz CT molecular complexity index is 874. The molecule has 1 aliphatic rings. The van der Waals surface area contributed by atoms with E-state index in [4.69, 9.17) is 14.3 Å². The minimum absolute atomic E-state index is 0.0803. The summed E-state index contributed by atoms with van der Waals surface area (Å²) in [5.41, 5.74) is 1.59. The zero-order valence-electron chi connectivity index (χ0n) is 14.4. The van der Waals surface area contributed by atoms with Gasteiger partial charge >= 0.3 is 5.97 Å². The SMILES string of the molecule is COC(=O)C1=C(Nc2cccc(-c3nnc(C)o3)c2)C(=O)N(CCO)C1. The Hall–Kier alpha value is -3.20. The lowest BCUT2D eigenvalue weighted by atomic mass is 10.2. The van der Waals surface area contributed by atoms with Crippen molar-refractivity contribution >= 4 is 17.6 Å². The van der Waals surface area contributed by atoms with E-state index in [1.807, 2.05) is 0 Å². The quantitative estimate of drug-likeness (QED) is 0.725. The van der Waals surface area contributed by atoms with E-state index in [1.54, 1.807) is 31.2 Å². The Kier molecular flexibility index (Phi) is 4.99. The van der Waals surface area contributed by atoms with Crippen molar-refractivity contribution in [1.29, 1.82) is 0 Å². The van der Waals surface area contributed by atoms with Gasteiger partial charge in [-0.1, -0.05) is 6.07 Å². The normalized spacial score (nSPS) is 14.1. The number of amides is 1. The molecule has 0 saturated heterocycles. The van der Waals surface area contributed by atoms with Crippen molar-refractivity contribution in [1.82, 2.24) is 15.1 Å². The van der Waals surface area contributed by atoms with E-state index in [0.29, 0.717) is 23.0 Å². The molecule has 0 radical (unpaired) electrons. The van der Waals surface area contributed by atoms with Gasteiger partial charge in [-0.15, -0.1) is 10.2 Å². The highest BCUT2D eigenvalue weighted by Crippen LogP contribution is 2.26. The number of carbonyl (C=O) groups is 2. The molecule has 1 aromatic heterocycles. The van der Waals surface area contributed by atoms with E-state index in [0.717, 1.165) is 0 Å². The van der Waals surface area contributed by atoms with Gasteiger partial charge in [0.05, 0.1) is 25.8 Å². The number of hydrogen-bond acceptors (Lipinski definition) is 8. The molecule has 1 amide bonds. The van der Waals surface area contributed by atoms with Crippen molar-refractivity contribution < 1.29 is 23.8 Å². The molecule has 0 unspecified atom stereocenters. The van der Waals surface area contributed by atoms with Crippen molar-refractivity contribution in [2.75, 3.05) is 32.1 Å². The third-order valence-corrected chi connectivity index (χ3v) is 3.86. The van der Waals surface area contributed by atoms with Crippen LogP contribution in [0.1, 0.15) is 5.89 Å². The number of esters is 1. The molecule has 0 fully saturated rings. The maximum atomic E-state index is 12.5. The van der Waals surface area contributed by atoms with Crippen LogP contribution in [0, 0.1) is 6.92 Å². The highest BCUT2D eigenvalue weighted by atomic mass is 16.5. The lowest BCUT2D eigenvalue weighted by Gasteiger charge is -2.15. The van der Waals surface area contributed by atoms with Gasteiger partial charge in [-0.25, -0.2) is 4.79 Å². The van der Waals surface area contributed by atoms with E-state index in [2.05, 4.69) is 15.5 Å². The van der Waals surface area contributed by atoms with Crippen molar-refractivity contribution in [2.24, 2.45) is 0 Å². The Morgan fingerprint density at radius 3 is 2.88 bits per heavy atom. The van der Waals surface area contributed by atoms with Gasteiger partial charge in [-0.3, -0.25) is 4.79 Å². The molecule has 2 aromatic rings. The monoisotopic (exact) mass is 358 g/mol. The van der Waals surface area contributed by atoms with E-state index >= 15 is 0 Å². The van der Waals surface area contributed by atoms with Crippen LogP contribution in [0.2, 0.25) is 0 Å². The van der Waals surface area contributed by atoms with Gasteiger partial charge in [0.25, 0.3) is 5.91 Å². The van der Waals surface area contributed by atoms with E-state index in [1.165, 1.54) is 12.0 Å². The zero-order chi connectivity index (χ0) is 18.7. The lowest BCUT2D eigenvalue weighted by Crippen LogP contribution is -2.31. The number of β-amino-alcohol motifs (C(OH)–C–C–N with tert-alkyl or cyclic N) is 1. The maximum absolute atomic E-state index is 12.5. The van der Waals surface area contributed by atoms with Crippen molar-refractivity contribution in [3.8, 4) is 11.5 Å². The number of carbonyl (C=O) groups excluding carboxylic acids is 2. The lowest BCUT2D eigenvalue weighted by molar-refractivity contribution is -0.136. The molecule has 9 heteroatoms. The number of aryl methyl sites for hydroxylation is 1. The molecule has 1 aromatic carbocycles. The number of hydrogen-bond donors (Lipinski definition) is 2. The van der Waals surface area contributed by atoms with Gasteiger partial charge in [-0.2, -0.15) is 0 Å². The van der Waals surface area contributed by atoms with Crippen LogP contribution in [0.4, 0.5) is 5.69 Å². The standard InChI is InChI=1S/C17H18N4O5/c1-10-19-20-15(26-10)11-4-3-5-12(8-11)18-14-13(17(24)25-2)9-21(6-7-22)16(14)23/h3-5,8,18,22H,6-7,9H2,1-2H3. The van der Waals surface area contributed by atoms with E-state index in [-0.39, 0.29) is 36.9 Å². The second-order valence-corrected chi connectivity index (χ2v) is 5.63. The Morgan fingerprint density at radius 2 is 2.23 bits per heavy atom. The molecule has 0 bridgehead atoms. The second kappa shape index (κ2) is 7.36. The molecule has 0 aliphatic carbocycles. The summed E-state index contributed by atoms with van der Waals surface area (Å²) in [6.45, 7) is 1.71.